The molecule has 1 atom stereocenters. The van der Waals surface area contributed by atoms with Crippen LogP contribution < -0.4 is 5.32 Å². The minimum absolute atomic E-state index is 0.232. The van der Waals surface area contributed by atoms with Gasteiger partial charge in [-0.3, -0.25) is 0 Å². The molecule has 0 saturated carbocycles. The molecular formula is C19H24N2O2. The van der Waals surface area contributed by atoms with Crippen LogP contribution in [-0.2, 0) is 11.3 Å². The molecule has 0 aliphatic carbocycles. The molecule has 0 spiro atoms. The molecule has 2 rings (SSSR count). The van der Waals surface area contributed by atoms with Crippen molar-refractivity contribution >= 4 is 6.09 Å². The van der Waals surface area contributed by atoms with E-state index < -0.39 is 0 Å². The molecule has 0 fully saturated rings. The van der Waals surface area contributed by atoms with Crippen LogP contribution in [0, 0.1) is 0 Å². The van der Waals surface area contributed by atoms with Gasteiger partial charge in [0.15, 0.2) is 0 Å². The molecule has 0 saturated heterocycles. The quantitative estimate of drug-likeness (QED) is 0.853. The summed E-state index contributed by atoms with van der Waals surface area (Å²) in [5, 5.41) is 2.87. The number of ether oxygens (including phenoxy) is 1. The van der Waals surface area contributed by atoms with Crippen molar-refractivity contribution in [3.8, 4) is 0 Å². The smallest absolute Gasteiger partial charge is 0.407 e. The topological polar surface area (TPSA) is 41.6 Å². The Kier molecular flexibility index (Phi) is 6.63. The molecule has 23 heavy (non-hydrogen) atoms. The number of carbonyl (C=O) groups excluding carboxylic acids is 1. The number of carbonyl (C=O) groups is 1. The summed E-state index contributed by atoms with van der Waals surface area (Å²) in [5.41, 5.74) is 2.19. The zero-order valence-corrected chi connectivity index (χ0v) is 13.7. The third-order valence-electron chi connectivity index (χ3n) is 3.56. The van der Waals surface area contributed by atoms with Gasteiger partial charge in [-0.1, -0.05) is 60.7 Å². The molecule has 122 valence electrons. The summed E-state index contributed by atoms with van der Waals surface area (Å²) in [7, 11) is 4.06. The van der Waals surface area contributed by atoms with E-state index in [2.05, 4.69) is 22.3 Å². The molecule has 0 aliphatic heterocycles. The van der Waals surface area contributed by atoms with Gasteiger partial charge in [-0.25, -0.2) is 4.79 Å². The van der Waals surface area contributed by atoms with E-state index in [-0.39, 0.29) is 18.6 Å². The second-order valence-corrected chi connectivity index (χ2v) is 5.81. The highest BCUT2D eigenvalue weighted by atomic mass is 16.5. The third-order valence-corrected chi connectivity index (χ3v) is 3.56. The molecular weight excluding hydrogens is 288 g/mol. The summed E-state index contributed by atoms with van der Waals surface area (Å²) in [6.07, 6.45) is -0.381. The van der Waals surface area contributed by atoms with Crippen LogP contribution in [0.25, 0.3) is 0 Å². The minimum atomic E-state index is -0.381. The van der Waals surface area contributed by atoms with Crippen LogP contribution in [0.1, 0.15) is 17.0 Å². The molecule has 2 aromatic carbocycles. The number of rotatable bonds is 7. The first-order valence-electron chi connectivity index (χ1n) is 7.79. The first-order valence-corrected chi connectivity index (χ1v) is 7.79. The van der Waals surface area contributed by atoms with Crippen LogP contribution in [0.2, 0.25) is 0 Å². The number of nitrogens with zero attached hydrogens (tertiary/aromatic N) is 1. The third kappa shape index (κ3) is 6.12. The fraction of sp³-hybridized carbons (Fsp3) is 0.316. The Morgan fingerprint density at radius 1 is 1.04 bits per heavy atom. The lowest BCUT2D eigenvalue weighted by Gasteiger charge is -2.21. The summed E-state index contributed by atoms with van der Waals surface area (Å²) in [6, 6.07) is 19.9. The number of hydrogen-bond acceptors (Lipinski definition) is 3. The first-order chi connectivity index (χ1) is 11.1. The van der Waals surface area contributed by atoms with E-state index in [0.29, 0.717) is 6.54 Å². The van der Waals surface area contributed by atoms with Crippen LogP contribution >= 0.6 is 0 Å². The second kappa shape index (κ2) is 8.96. The monoisotopic (exact) mass is 312 g/mol. The fourth-order valence-electron chi connectivity index (χ4n) is 2.43. The first kappa shape index (κ1) is 17.0. The number of alkyl carbamates (subject to hydrolysis) is 1. The molecule has 0 bridgehead atoms. The number of amides is 1. The maximum Gasteiger partial charge on any atom is 0.407 e. The zero-order valence-electron chi connectivity index (χ0n) is 13.7. The van der Waals surface area contributed by atoms with Crippen molar-refractivity contribution in [1.82, 2.24) is 10.2 Å². The van der Waals surface area contributed by atoms with E-state index in [9.17, 15) is 4.79 Å². The van der Waals surface area contributed by atoms with Crippen LogP contribution in [0.15, 0.2) is 60.7 Å². The van der Waals surface area contributed by atoms with Crippen molar-refractivity contribution in [2.75, 3.05) is 27.2 Å². The highest BCUT2D eigenvalue weighted by Crippen LogP contribution is 2.15. The Morgan fingerprint density at radius 2 is 1.65 bits per heavy atom. The summed E-state index contributed by atoms with van der Waals surface area (Å²) < 4.78 is 5.26. The molecule has 1 amide bonds. The summed E-state index contributed by atoms with van der Waals surface area (Å²) in [4.78, 5) is 14.0. The Morgan fingerprint density at radius 3 is 2.26 bits per heavy atom. The van der Waals surface area contributed by atoms with Crippen molar-refractivity contribution in [2.24, 2.45) is 0 Å². The lowest BCUT2D eigenvalue weighted by Crippen LogP contribution is -2.33. The van der Waals surface area contributed by atoms with Crippen LogP contribution in [-0.4, -0.2) is 38.2 Å². The van der Waals surface area contributed by atoms with Crippen molar-refractivity contribution in [2.45, 2.75) is 12.5 Å². The minimum Gasteiger partial charge on any atom is -0.445 e. The van der Waals surface area contributed by atoms with Gasteiger partial charge in [-0.05, 0) is 25.2 Å². The fourth-order valence-corrected chi connectivity index (χ4v) is 2.43. The molecule has 1 N–H and O–H groups in total. The summed E-state index contributed by atoms with van der Waals surface area (Å²) in [5.74, 6) is 0.232. The molecule has 2 aromatic rings. The average Bonchev–Trinajstić information content (AvgIpc) is 2.58. The van der Waals surface area contributed by atoms with Crippen LogP contribution in [0.5, 0.6) is 0 Å². The van der Waals surface area contributed by atoms with Crippen molar-refractivity contribution in [3.63, 3.8) is 0 Å². The zero-order chi connectivity index (χ0) is 16.5. The largest absolute Gasteiger partial charge is 0.445 e. The Balaban J connectivity index is 1.84. The Bertz CT molecular complexity index is 585. The maximum absolute atomic E-state index is 11.9. The van der Waals surface area contributed by atoms with Crippen LogP contribution in [0.4, 0.5) is 4.79 Å². The predicted molar refractivity (Wildman–Crippen MR) is 92.4 cm³/mol. The lowest BCUT2D eigenvalue weighted by atomic mass is 9.99. The average molecular weight is 312 g/mol. The maximum atomic E-state index is 11.9. The number of likely N-dealkylation sites (N-methyl/N-ethyl adjacent to an activating group) is 1. The molecule has 1 unspecified atom stereocenters. The van der Waals surface area contributed by atoms with Gasteiger partial charge in [-0.2, -0.15) is 0 Å². The van der Waals surface area contributed by atoms with Gasteiger partial charge >= 0.3 is 6.09 Å². The van der Waals surface area contributed by atoms with Gasteiger partial charge in [0.25, 0.3) is 0 Å². The summed E-state index contributed by atoms with van der Waals surface area (Å²) in [6.45, 7) is 1.70. The van der Waals surface area contributed by atoms with E-state index >= 15 is 0 Å². The molecule has 0 aromatic heterocycles. The van der Waals surface area contributed by atoms with Gasteiger partial charge in [0.05, 0.1) is 0 Å². The second-order valence-electron chi connectivity index (χ2n) is 5.81. The molecule has 0 radical (unpaired) electrons. The standard InChI is InChI=1S/C19H24N2O2/c1-21(2)14-18(17-11-7-4-8-12-17)13-20-19(22)23-15-16-9-5-3-6-10-16/h3-12,18H,13-15H2,1-2H3,(H,20,22). The predicted octanol–water partition coefficient (Wildman–Crippen LogP) is 3.26. The Hall–Kier alpha value is -2.33. The van der Waals surface area contributed by atoms with Crippen LogP contribution in [0.3, 0.4) is 0 Å². The van der Waals surface area contributed by atoms with Gasteiger partial charge in [0, 0.05) is 19.0 Å². The van der Waals surface area contributed by atoms with Crippen molar-refractivity contribution < 1.29 is 9.53 Å². The van der Waals surface area contributed by atoms with E-state index in [0.717, 1.165) is 12.1 Å². The van der Waals surface area contributed by atoms with E-state index in [4.69, 9.17) is 4.74 Å². The lowest BCUT2D eigenvalue weighted by molar-refractivity contribution is 0.138. The number of hydrogen-bond donors (Lipinski definition) is 1. The molecule has 0 aliphatic rings. The summed E-state index contributed by atoms with van der Waals surface area (Å²) >= 11 is 0. The van der Waals surface area contributed by atoms with Gasteiger partial charge in [-0.15, -0.1) is 0 Å². The molecule has 4 nitrogen and oxygen atoms in total. The van der Waals surface area contributed by atoms with Crippen molar-refractivity contribution in [1.29, 1.82) is 0 Å². The van der Waals surface area contributed by atoms with Gasteiger partial charge in [0.2, 0.25) is 0 Å². The van der Waals surface area contributed by atoms with E-state index in [1.54, 1.807) is 0 Å². The highest BCUT2D eigenvalue weighted by molar-refractivity contribution is 5.67. The Labute approximate surface area is 138 Å². The van der Waals surface area contributed by atoms with Gasteiger partial charge < -0.3 is 15.0 Å². The molecule has 4 heteroatoms. The highest BCUT2D eigenvalue weighted by Gasteiger charge is 2.14. The van der Waals surface area contributed by atoms with Crippen molar-refractivity contribution in [3.05, 3.63) is 71.8 Å². The molecule has 0 heterocycles. The van der Waals surface area contributed by atoms with E-state index in [1.165, 1.54) is 5.56 Å². The number of benzene rings is 2. The normalized spacial score (nSPS) is 12.0. The SMILES string of the molecule is CN(C)CC(CNC(=O)OCc1ccccc1)c1ccccc1. The van der Waals surface area contributed by atoms with Gasteiger partial charge in [0.1, 0.15) is 6.61 Å². The van der Waals surface area contributed by atoms with E-state index in [1.807, 2.05) is 62.6 Å². The number of nitrogens with one attached hydrogen (secondary N) is 1.